The quantitative estimate of drug-likeness (QED) is 0.733. The average Bonchev–Trinajstić information content (AvgIpc) is 2.40. The number of hydrogen-bond acceptors (Lipinski definition) is 4. The molecule has 2 rings (SSSR count). The molecule has 1 aromatic carbocycles. The molecule has 0 radical (unpaired) electrons. The third-order valence-electron chi connectivity index (χ3n) is 2.11. The Morgan fingerprint density at radius 1 is 1.12 bits per heavy atom. The molecule has 0 amide bonds. The molecule has 2 aromatic rings. The summed E-state index contributed by atoms with van der Waals surface area (Å²) >= 11 is 0. The maximum atomic E-state index is 11.7. The first kappa shape index (κ1) is 10.8. The Labute approximate surface area is 98.1 Å². The molecule has 1 heterocycles. The molecule has 4 nitrogen and oxygen atoms in total. The summed E-state index contributed by atoms with van der Waals surface area (Å²) in [6.07, 6.45) is 3.09. The molecule has 0 spiro atoms. The van der Waals surface area contributed by atoms with Crippen LogP contribution in [-0.4, -0.2) is 11.0 Å². The zero-order valence-corrected chi connectivity index (χ0v) is 8.83. The van der Waals surface area contributed by atoms with Gasteiger partial charge in [-0.3, -0.25) is 4.98 Å². The van der Waals surface area contributed by atoms with E-state index in [-0.39, 0.29) is 0 Å². The third kappa shape index (κ3) is 2.67. The lowest BCUT2D eigenvalue weighted by Crippen LogP contribution is -2.08. The van der Waals surface area contributed by atoms with E-state index in [4.69, 9.17) is 10.00 Å². The number of nitriles is 1. The fourth-order valence-electron chi connectivity index (χ4n) is 1.25. The summed E-state index contributed by atoms with van der Waals surface area (Å²) in [5.41, 5.74) is 0.909. The summed E-state index contributed by atoms with van der Waals surface area (Å²) in [6.45, 7) is 0. The molecule has 0 aliphatic rings. The van der Waals surface area contributed by atoms with Gasteiger partial charge in [0.2, 0.25) is 0 Å². The number of benzene rings is 1. The Bertz CT molecular complexity index is 556. The van der Waals surface area contributed by atoms with Crippen molar-refractivity contribution in [1.29, 1.82) is 5.26 Å². The van der Waals surface area contributed by atoms with Gasteiger partial charge in [0.05, 0.1) is 17.2 Å². The highest BCUT2D eigenvalue weighted by atomic mass is 16.5. The molecule has 0 aliphatic heterocycles. The normalized spacial score (nSPS) is 9.35. The van der Waals surface area contributed by atoms with Crippen LogP contribution in [0.3, 0.4) is 0 Å². The van der Waals surface area contributed by atoms with Crippen molar-refractivity contribution in [3.63, 3.8) is 0 Å². The molecule has 1 aromatic heterocycles. The van der Waals surface area contributed by atoms with Gasteiger partial charge >= 0.3 is 5.97 Å². The van der Waals surface area contributed by atoms with Crippen molar-refractivity contribution in [2.75, 3.05) is 0 Å². The van der Waals surface area contributed by atoms with Crippen LogP contribution in [0.1, 0.15) is 15.9 Å². The number of esters is 1. The number of hydrogen-bond donors (Lipinski definition) is 0. The zero-order chi connectivity index (χ0) is 12.1. The predicted molar refractivity (Wildman–Crippen MR) is 60.4 cm³/mol. The lowest BCUT2D eigenvalue weighted by atomic mass is 10.1. The number of rotatable bonds is 2. The van der Waals surface area contributed by atoms with Gasteiger partial charge in [-0.2, -0.15) is 5.26 Å². The van der Waals surface area contributed by atoms with E-state index >= 15 is 0 Å². The smallest absolute Gasteiger partial charge is 0.343 e. The van der Waals surface area contributed by atoms with Crippen molar-refractivity contribution in [3.05, 3.63) is 59.9 Å². The average molecular weight is 224 g/mol. The molecule has 0 aliphatic carbocycles. The van der Waals surface area contributed by atoms with Crippen molar-refractivity contribution in [2.24, 2.45) is 0 Å². The van der Waals surface area contributed by atoms with E-state index in [1.807, 2.05) is 6.07 Å². The highest BCUT2D eigenvalue weighted by Crippen LogP contribution is 2.11. The van der Waals surface area contributed by atoms with Crippen molar-refractivity contribution >= 4 is 5.97 Å². The zero-order valence-electron chi connectivity index (χ0n) is 8.83. The fraction of sp³-hybridized carbons (Fsp3) is 0. The monoisotopic (exact) mass is 224 g/mol. The van der Waals surface area contributed by atoms with Crippen molar-refractivity contribution in [2.45, 2.75) is 0 Å². The fourth-order valence-corrected chi connectivity index (χ4v) is 1.25. The second-order valence-corrected chi connectivity index (χ2v) is 3.26. The van der Waals surface area contributed by atoms with Gasteiger partial charge in [0.1, 0.15) is 5.75 Å². The predicted octanol–water partition coefficient (Wildman–Crippen LogP) is 2.17. The maximum absolute atomic E-state index is 11.7. The van der Waals surface area contributed by atoms with E-state index < -0.39 is 5.97 Å². The van der Waals surface area contributed by atoms with Gasteiger partial charge in [-0.25, -0.2) is 4.79 Å². The topological polar surface area (TPSA) is 63.0 Å². The summed E-state index contributed by atoms with van der Waals surface area (Å²) in [7, 11) is 0. The van der Waals surface area contributed by atoms with Gasteiger partial charge in [-0.15, -0.1) is 0 Å². The van der Waals surface area contributed by atoms with E-state index in [2.05, 4.69) is 4.98 Å². The molecule has 82 valence electrons. The molecule has 0 fully saturated rings. The van der Waals surface area contributed by atoms with Crippen LogP contribution in [0.2, 0.25) is 0 Å². The van der Waals surface area contributed by atoms with Gasteiger partial charge in [0.25, 0.3) is 0 Å². The molecule has 0 bridgehead atoms. The SMILES string of the molecule is N#Cc1ccc(C(=O)Oc2ccncc2)cc1. The standard InChI is InChI=1S/C13H8N2O2/c14-9-10-1-3-11(4-2-10)13(16)17-12-5-7-15-8-6-12/h1-8H. The molecule has 17 heavy (non-hydrogen) atoms. The van der Waals surface area contributed by atoms with E-state index in [1.54, 1.807) is 48.8 Å². The molecular formula is C13H8N2O2. The van der Waals surface area contributed by atoms with Crippen LogP contribution >= 0.6 is 0 Å². The van der Waals surface area contributed by atoms with Gasteiger partial charge < -0.3 is 4.74 Å². The Morgan fingerprint density at radius 2 is 1.76 bits per heavy atom. The van der Waals surface area contributed by atoms with Gasteiger partial charge in [0.15, 0.2) is 0 Å². The Kier molecular flexibility index (Phi) is 3.13. The van der Waals surface area contributed by atoms with E-state index in [0.717, 1.165) is 0 Å². The summed E-state index contributed by atoms with van der Waals surface area (Å²) < 4.78 is 5.11. The lowest BCUT2D eigenvalue weighted by molar-refractivity contribution is 0.0734. The van der Waals surface area contributed by atoms with E-state index in [0.29, 0.717) is 16.9 Å². The van der Waals surface area contributed by atoms with Gasteiger partial charge in [0, 0.05) is 12.4 Å². The summed E-state index contributed by atoms with van der Waals surface area (Å²) in [5.74, 6) is -0.0185. The number of aromatic nitrogens is 1. The minimum Gasteiger partial charge on any atom is -0.423 e. The minimum atomic E-state index is -0.458. The van der Waals surface area contributed by atoms with E-state index in [1.165, 1.54) is 0 Å². The van der Waals surface area contributed by atoms with Crippen LogP contribution in [-0.2, 0) is 0 Å². The van der Waals surface area contributed by atoms with Crippen molar-refractivity contribution in [3.8, 4) is 11.8 Å². The molecule has 4 heteroatoms. The first-order valence-corrected chi connectivity index (χ1v) is 4.92. The number of nitrogens with zero attached hydrogens (tertiary/aromatic N) is 2. The van der Waals surface area contributed by atoms with Crippen molar-refractivity contribution < 1.29 is 9.53 Å². The molecule has 0 unspecified atom stereocenters. The summed E-state index contributed by atoms with van der Waals surface area (Å²) in [5, 5.41) is 8.63. The van der Waals surface area contributed by atoms with Crippen LogP contribution in [0.25, 0.3) is 0 Å². The minimum absolute atomic E-state index is 0.404. The summed E-state index contributed by atoms with van der Waals surface area (Å²) in [4.78, 5) is 15.5. The molecule has 0 atom stereocenters. The molecule has 0 saturated heterocycles. The highest BCUT2D eigenvalue weighted by molar-refractivity contribution is 5.91. The van der Waals surface area contributed by atoms with Crippen LogP contribution in [0.15, 0.2) is 48.8 Å². The second-order valence-electron chi connectivity index (χ2n) is 3.26. The van der Waals surface area contributed by atoms with Gasteiger partial charge in [-0.05, 0) is 36.4 Å². The molecule has 0 N–H and O–H groups in total. The van der Waals surface area contributed by atoms with E-state index in [9.17, 15) is 4.79 Å². The van der Waals surface area contributed by atoms with Crippen LogP contribution in [0.5, 0.6) is 5.75 Å². The van der Waals surface area contributed by atoms with Gasteiger partial charge in [-0.1, -0.05) is 0 Å². The first-order valence-electron chi connectivity index (χ1n) is 4.92. The third-order valence-corrected chi connectivity index (χ3v) is 2.11. The lowest BCUT2D eigenvalue weighted by Gasteiger charge is -2.03. The second kappa shape index (κ2) is 4.90. The Hall–Kier alpha value is -2.67. The van der Waals surface area contributed by atoms with Crippen LogP contribution in [0, 0.1) is 11.3 Å². The highest BCUT2D eigenvalue weighted by Gasteiger charge is 2.07. The Balaban J connectivity index is 2.13. The molecular weight excluding hydrogens is 216 g/mol. The molecule has 0 saturated carbocycles. The van der Waals surface area contributed by atoms with Crippen molar-refractivity contribution in [1.82, 2.24) is 4.98 Å². The number of pyridine rings is 1. The first-order chi connectivity index (χ1) is 8.29. The summed E-state index contributed by atoms with van der Waals surface area (Å²) in [6, 6.07) is 11.4. The van der Waals surface area contributed by atoms with Crippen LogP contribution < -0.4 is 4.74 Å². The largest absolute Gasteiger partial charge is 0.423 e. The number of carbonyl (C=O) groups excluding carboxylic acids is 1. The number of ether oxygens (including phenoxy) is 1. The Morgan fingerprint density at radius 3 is 2.35 bits per heavy atom. The maximum Gasteiger partial charge on any atom is 0.343 e. The van der Waals surface area contributed by atoms with Crippen LogP contribution in [0.4, 0.5) is 0 Å². The number of carbonyl (C=O) groups is 1.